The Bertz CT molecular complexity index is 573. The Balaban J connectivity index is 1.81. The van der Waals surface area contributed by atoms with Gasteiger partial charge < -0.3 is 0 Å². The smallest absolute Gasteiger partial charge is 0.159 e. The number of nitriles is 1. The molecule has 1 saturated carbocycles. The molecule has 0 radical (unpaired) electrons. The Labute approximate surface area is 153 Å². The summed E-state index contributed by atoms with van der Waals surface area (Å²) in [4.78, 5) is 11.4. The highest BCUT2D eigenvalue weighted by molar-refractivity contribution is 5.94. The van der Waals surface area contributed by atoms with Gasteiger partial charge in [-0.25, -0.2) is 0 Å². The van der Waals surface area contributed by atoms with Gasteiger partial charge in [-0.15, -0.1) is 0 Å². The minimum Gasteiger partial charge on any atom is -0.295 e. The summed E-state index contributed by atoms with van der Waals surface area (Å²) < 4.78 is 0. The van der Waals surface area contributed by atoms with E-state index in [0.29, 0.717) is 5.92 Å². The zero-order chi connectivity index (χ0) is 18.1. The lowest BCUT2D eigenvalue weighted by Crippen LogP contribution is -2.25. The molecule has 0 N–H and O–H groups in total. The van der Waals surface area contributed by atoms with Gasteiger partial charge in [0.2, 0.25) is 0 Å². The van der Waals surface area contributed by atoms with Crippen molar-refractivity contribution >= 4 is 5.78 Å². The van der Waals surface area contributed by atoms with E-state index in [-0.39, 0.29) is 11.2 Å². The summed E-state index contributed by atoms with van der Waals surface area (Å²) in [5.74, 6) is 0.671. The van der Waals surface area contributed by atoms with Gasteiger partial charge in [0.1, 0.15) is 0 Å². The average molecular weight is 340 g/mol. The molecule has 2 nitrogen and oxygen atoms in total. The van der Waals surface area contributed by atoms with Crippen molar-refractivity contribution in [3.8, 4) is 6.07 Å². The predicted octanol–water partition coefficient (Wildman–Crippen LogP) is 6.81. The van der Waals surface area contributed by atoms with Gasteiger partial charge in [-0.3, -0.25) is 4.79 Å². The fraction of sp³-hybridized carbons (Fsp3) is 0.652. The van der Waals surface area contributed by atoms with E-state index in [9.17, 15) is 10.1 Å². The first-order valence-electron chi connectivity index (χ1n) is 10.1. The summed E-state index contributed by atoms with van der Waals surface area (Å²) in [5, 5.41) is 9.75. The van der Waals surface area contributed by atoms with E-state index >= 15 is 0 Å². The molecule has 136 valence electrons. The van der Waals surface area contributed by atoms with E-state index < -0.39 is 0 Å². The van der Waals surface area contributed by atoms with Crippen molar-refractivity contribution in [2.75, 3.05) is 0 Å². The molecule has 0 amide bonds. The third kappa shape index (κ3) is 5.70. The van der Waals surface area contributed by atoms with Crippen molar-refractivity contribution in [2.24, 2.45) is 5.41 Å². The third-order valence-electron chi connectivity index (χ3n) is 5.98. The number of hydrogen-bond donors (Lipinski definition) is 0. The first kappa shape index (κ1) is 19.7. The molecule has 0 unspecified atom stereocenters. The fourth-order valence-corrected chi connectivity index (χ4v) is 4.16. The molecule has 2 rings (SSSR count). The Morgan fingerprint density at radius 2 is 1.68 bits per heavy atom. The van der Waals surface area contributed by atoms with Gasteiger partial charge in [-0.05, 0) is 50.5 Å². The maximum atomic E-state index is 11.4. The summed E-state index contributed by atoms with van der Waals surface area (Å²) in [6.07, 6.45) is 13.1. The van der Waals surface area contributed by atoms with Crippen LogP contribution in [0.1, 0.15) is 106 Å². The van der Waals surface area contributed by atoms with E-state index in [1.165, 1.54) is 44.1 Å². The van der Waals surface area contributed by atoms with Crippen molar-refractivity contribution in [1.82, 2.24) is 0 Å². The van der Waals surface area contributed by atoms with Crippen LogP contribution in [-0.2, 0) is 0 Å². The summed E-state index contributed by atoms with van der Waals surface area (Å²) in [7, 11) is 0. The second kappa shape index (κ2) is 9.76. The van der Waals surface area contributed by atoms with Crippen LogP contribution in [0.15, 0.2) is 24.3 Å². The Morgan fingerprint density at radius 3 is 2.24 bits per heavy atom. The maximum Gasteiger partial charge on any atom is 0.159 e. The highest BCUT2D eigenvalue weighted by atomic mass is 16.1. The standard InChI is InChI=1S/C23H33NO/c1-3-4-5-6-7-8-15-23(18-24)16-13-22(14-17-23)21-11-9-20(10-12-21)19(2)25/h9-12,22H,3-8,13-17H2,1-2H3. The second-order valence-corrected chi connectivity index (χ2v) is 7.86. The van der Waals surface area contributed by atoms with Crippen LogP contribution in [0.4, 0.5) is 0 Å². The molecule has 0 atom stereocenters. The SMILES string of the molecule is CCCCCCCCC1(C#N)CCC(c2ccc(C(C)=O)cc2)CC1. The molecule has 0 spiro atoms. The molecule has 1 aromatic rings. The van der Waals surface area contributed by atoms with Gasteiger partial charge >= 0.3 is 0 Å². The van der Waals surface area contributed by atoms with E-state index in [0.717, 1.165) is 37.7 Å². The van der Waals surface area contributed by atoms with Crippen LogP contribution in [0.2, 0.25) is 0 Å². The topological polar surface area (TPSA) is 40.9 Å². The van der Waals surface area contributed by atoms with Gasteiger partial charge in [0.05, 0.1) is 11.5 Å². The van der Waals surface area contributed by atoms with Crippen molar-refractivity contribution in [3.05, 3.63) is 35.4 Å². The monoisotopic (exact) mass is 339 g/mol. The van der Waals surface area contributed by atoms with Crippen LogP contribution in [0.25, 0.3) is 0 Å². The minimum absolute atomic E-state index is 0.0828. The molecule has 0 saturated heterocycles. The van der Waals surface area contributed by atoms with Crippen LogP contribution < -0.4 is 0 Å². The summed E-state index contributed by atoms with van der Waals surface area (Å²) in [5.41, 5.74) is 2.03. The van der Waals surface area contributed by atoms with E-state index in [4.69, 9.17) is 0 Å². The van der Waals surface area contributed by atoms with E-state index in [2.05, 4.69) is 25.1 Å². The van der Waals surface area contributed by atoms with Gasteiger partial charge in [0, 0.05) is 5.56 Å². The summed E-state index contributed by atoms with van der Waals surface area (Å²) in [6, 6.07) is 10.8. The average Bonchev–Trinajstić information content (AvgIpc) is 2.65. The Kier molecular flexibility index (Phi) is 7.69. The molecular weight excluding hydrogens is 306 g/mol. The van der Waals surface area contributed by atoms with Crippen molar-refractivity contribution < 1.29 is 4.79 Å². The van der Waals surface area contributed by atoms with Crippen LogP contribution in [-0.4, -0.2) is 5.78 Å². The molecule has 0 heterocycles. The van der Waals surface area contributed by atoms with Crippen LogP contribution >= 0.6 is 0 Å². The number of rotatable bonds is 9. The second-order valence-electron chi connectivity index (χ2n) is 7.86. The number of carbonyl (C=O) groups excluding carboxylic acids is 1. The van der Waals surface area contributed by atoms with Gasteiger partial charge in [0.15, 0.2) is 5.78 Å². The molecule has 0 bridgehead atoms. The molecule has 0 aliphatic heterocycles. The number of nitrogens with zero attached hydrogens (tertiary/aromatic N) is 1. The zero-order valence-corrected chi connectivity index (χ0v) is 16.0. The molecule has 1 aromatic carbocycles. The highest BCUT2D eigenvalue weighted by Crippen LogP contribution is 2.45. The summed E-state index contributed by atoms with van der Waals surface area (Å²) >= 11 is 0. The lowest BCUT2D eigenvalue weighted by molar-refractivity contribution is 0.101. The third-order valence-corrected chi connectivity index (χ3v) is 5.98. The molecule has 25 heavy (non-hydrogen) atoms. The van der Waals surface area contributed by atoms with Crippen molar-refractivity contribution in [2.45, 2.75) is 90.4 Å². The molecule has 1 aliphatic carbocycles. The highest BCUT2D eigenvalue weighted by Gasteiger charge is 2.35. The molecule has 2 heteroatoms. The quantitative estimate of drug-likeness (QED) is 0.366. The number of ketones is 1. The number of benzene rings is 1. The van der Waals surface area contributed by atoms with Crippen LogP contribution in [0, 0.1) is 16.7 Å². The first-order valence-corrected chi connectivity index (χ1v) is 10.1. The number of Topliss-reactive ketones (excluding diaryl/α,β-unsaturated/α-hetero) is 1. The summed E-state index contributed by atoms with van der Waals surface area (Å²) in [6.45, 7) is 3.86. The van der Waals surface area contributed by atoms with Crippen LogP contribution in [0.5, 0.6) is 0 Å². The zero-order valence-electron chi connectivity index (χ0n) is 16.0. The lowest BCUT2D eigenvalue weighted by atomic mass is 9.67. The first-order chi connectivity index (χ1) is 12.1. The van der Waals surface area contributed by atoms with Gasteiger partial charge in [0.25, 0.3) is 0 Å². The fourth-order valence-electron chi connectivity index (χ4n) is 4.16. The van der Waals surface area contributed by atoms with Crippen LogP contribution in [0.3, 0.4) is 0 Å². The number of unbranched alkanes of at least 4 members (excludes halogenated alkanes) is 5. The molecule has 1 aliphatic rings. The Hall–Kier alpha value is -1.62. The maximum absolute atomic E-state index is 11.4. The molecule has 1 fully saturated rings. The number of hydrogen-bond acceptors (Lipinski definition) is 2. The van der Waals surface area contributed by atoms with Crippen molar-refractivity contribution in [1.29, 1.82) is 5.26 Å². The van der Waals surface area contributed by atoms with E-state index in [1.807, 2.05) is 12.1 Å². The lowest BCUT2D eigenvalue weighted by Gasteiger charge is -2.35. The molecular formula is C23H33NO. The molecule has 0 aromatic heterocycles. The van der Waals surface area contributed by atoms with E-state index in [1.54, 1.807) is 6.92 Å². The largest absolute Gasteiger partial charge is 0.295 e. The van der Waals surface area contributed by atoms with Gasteiger partial charge in [-0.2, -0.15) is 5.26 Å². The van der Waals surface area contributed by atoms with Gasteiger partial charge in [-0.1, -0.05) is 69.7 Å². The number of carbonyl (C=O) groups is 1. The van der Waals surface area contributed by atoms with Crippen molar-refractivity contribution in [3.63, 3.8) is 0 Å². The Morgan fingerprint density at radius 1 is 1.08 bits per heavy atom. The minimum atomic E-state index is -0.0828. The normalized spacial score (nSPS) is 23.2. The predicted molar refractivity (Wildman–Crippen MR) is 104 cm³/mol.